The van der Waals surface area contributed by atoms with E-state index < -0.39 is 12.1 Å². The molecule has 1 N–H and O–H groups in total. The van der Waals surface area contributed by atoms with Crippen LogP contribution in [0.15, 0.2) is 0 Å². The van der Waals surface area contributed by atoms with Crippen LogP contribution < -0.4 is 0 Å². The molecule has 0 aliphatic heterocycles. The topological polar surface area (TPSA) is 37.3 Å². The summed E-state index contributed by atoms with van der Waals surface area (Å²) in [5.74, 6) is -0.960. The molecule has 1 saturated carbocycles. The number of carboxylic acid groups (broad SMARTS) is 1. The van der Waals surface area contributed by atoms with Crippen molar-refractivity contribution in [3.05, 3.63) is 0 Å². The minimum absolute atomic E-state index is 0.218. The lowest BCUT2D eigenvalue weighted by molar-refractivity contribution is -0.143. The summed E-state index contributed by atoms with van der Waals surface area (Å²) in [4.78, 5) is 9.89. The van der Waals surface area contributed by atoms with Crippen LogP contribution in [0.1, 0.15) is 19.3 Å². The first kappa shape index (κ1) is 6.52. The number of carbonyl (C=O) groups is 1. The zero-order valence-electron chi connectivity index (χ0n) is 5.01. The highest BCUT2D eigenvalue weighted by Crippen LogP contribution is 2.34. The quantitative estimate of drug-likeness (QED) is 0.626. The Bertz CT molecular complexity index is 120. The fourth-order valence-corrected chi connectivity index (χ4v) is 0.747. The molecule has 1 unspecified atom stereocenters. The van der Waals surface area contributed by atoms with Crippen LogP contribution in [0.25, 0.3) is 0 Å². The van der Waals surface area contributed by atoms with Gasteiger partial charge in [0.2, 0.25) is 0 Å². The van der Waals surface area contributed by atoms with Gasteiger partial charge >= 0.3 is 5.97 Å². The van der Waals surface area contributed by atoms with Crippen molar-refractivity contribution in [2.45, 2.75) is 25.4 Å². The minimum Gasteiger partial charge on any atom is -0.479 e. The number of halogens is 1. The fraction of sp³-hybridized carbons (Fsp3) is 0.833. The third-order valence-electron chi connectivity index (χ3n) is 1.51. The highest BCUT2D eigenvalue weighted by atomic mass is 19.1. The highest BCUT2D eigenvalue weighted by Gasteiger charge is 2.28. The van der Waals surface area contributed by atoms with Crippen LogP contribution in [-0.2, 0) is 4.79 Å². The zero-order chi connectivity index (χ0) is 6.85. The van der Waals surface area contributed by atoms with Crippen molar-refractivity contribution >= 4 is 5.97 Å². The van der Waals surface area contributed by atoms with Crippen molar-refractivity contribution in [1.29, 1.82) is 0 Å². The van der Waals surface area contributed by atoms with Crippen LogP contribution in [0, 0.1) is 5.92 Å². The van der Waals surface area contributed by atoms with E-state index in [1.54, 1.807) is 0 Å². The van der Waals surface area contributed by atoms with Gasteiger partial charge in [-0.3, -0.25) is 0 Å². The Balaban J connectivity index is 2.16. The number of alkyl halides is 1. The van der Waals surface area contributed by atoms with Crippen LogP contribution in [-0.4, -0.2) is 17.2 Å². The lowest BCUT2D eigenvalue weighted by atomic mass is 10.2. The summed E-state index contributed by atoms with van der Waals surface area (Å²) in [7, 11) is 0. The smallest absolute Gasteiger partial charge is 0.338 e. The summed E-state index contributed by atoms with van der Waals surface area (Å²) in [5.41, 5.74) is 0. The third kappa shape index (κ3) is 2.00. The van der Waals surface area contributed by atoms with Crippen LogP contribution in [0.5, 0.6) is 0 Å². The van der Waals surface area contributed by atoms with Gasteiger partial charge in [0.1, 0.15) is 0 Å². The van der Waals surface area contributed by atoms with Crippen LogP contribution in [0.3, 0.4) is 0 Å². The Kier molecular flexibility index (Phi) is 1.69. The molecule has 0 aromatic heterocycles. The molecule has 1 aliphatic rings. The predicted octanol–water partition coefficient (Wildman–Crippen LogP) is 1.21. The maximum Gasteiger partial charge on any atom is 0.338 e. The molecule has 9 heavy (non-hydrogen) atoms. The molecule has 1 aliphatic carbocycles. The largest absolute Gasteiger partial charge is 0.479 e. The first-order valence-corrected chi connectivity index (χ1v) is 3.07. The van der Waals surface area contributed by atoms with E-state index in [2.05, 4.69) is 0 Å². The van der Waals surface area contributed by atoms with E-state index in [0.717, 1.165) is 12.8 Å². The van der Waals surface area contributed by atoms with Crippen LogP contribution in [0.4, 0.5) is 4.39 Å². The molecule has 0 spiro atoms. The average molecular weight is 132 g/mol. The van der Waals surface area contributed by atoms with Crippen molar-refractivity contribution in [3.8, 4) is 0 Å². The summed E-state index contributed by atoms with van der Waals surface area (Å²) in [6.45, 7) is 0. The summed E-state index contributed by atoms with van der Waals surface area (Å²) >= 11 is 0. The number of aliphatic carboxylic acids is 1. The molecule has 1 atom stereocenters. The number of rotatable bonds is 3. The van der Waals surface area contributed by atoms with Gasteiger partial charge in [0, 0.05) is 0 Å². The normalized spacial score (nSPS) is 21.4. The van der Waals surface area contributed by atoms with Gasteiger partial charge in [-0.05, 0) is 12.3 Å². The molecular formula is C6H9FO2. The van der Waals surface area contributed by atoms with Gasteiger partial charge in [0.25, 0.3) is 0 Å². The Morgan fingerprint density at radius 3 is 2.67 bits per heavy atom. The van der Waals surface area contributed by atoms with Crippen molar-refractivity contribution < 1.29 is 14.3 Å². The second kappa shape index (κ2) is 2.33. The number of hydrogen-bond donors (Lipinski definition) is 1. The average Bonchev–Trinajstić information content (AvgIpc) is 2.50. The molecule has 0 amide bonds. The van der Waals surface area contributed by atoms with E-state index >= 15 is 0 Å². The van der Waals surface area contributed by atoms with E-state index in [9.17, 15) is 9.18 Å². The molecule has 0 radical (unpaired) electrons. The summed E-state index contributed by atoms with van der Waals surface area (Å²) in [5, 5.41) is 8.08. The zero-order valence-corrected chi connectivity index (χ0v) is 5.01. The van der Waals surface area contributed by atoms with E-state index in [-0.39, 0.29) is 6.42 Å². The molecular weight excluding hydrogens is 123 g/mol. The van der Waals surface area contributed by atoms with Crippen molar-refractivity contribution in [3.63, 3.8) is 0 Å². The maximum atomic E-state index is 12.2. The third-order valence-corrected chi connectivity index (χ3v) is 1.51. The molecule has 3 heteroatoms. The molecule has 0 bridgehead atoms. The van der Waals surface area contributed by atoms with Gasteiger partial charge < -0.3 is 5.11 Å². The van der Waals surface area contributed by atoms with E-state index in [1.807, 2.05) is 0 Å². The van der Waals surface area contributed by atoms with Gasteiger partial charge in [-0.25, -0.2) is 9.18 Å². The summed E-state index contributed by atoms with van der Waals surface area (Å²) in [6, 6.07) is 0. The molecule has 0 aromatic carbocycles. The van der Waals surface area contributed by atoms with E-state index in [4.69, 9.17) is 5.11 Å². The minimum atomic E-state index is -1.63. The molecule has 2 nitrogen and oxygen atoms in total. The second-order valence-corrected chi connectivity index (χ2v) is 2.48. The first-order valence-electron chi connectivity index (χ1n) is 3.07. The molecule has 0 aromatic rings. The maximum absolute atomic E-state index is 12.2. The first-order chi connectivity index (χ1) is 4.20. The number of hydrogen-bond acceptors (Lipinski definition) is 1. The standard InChI is InChI=1S/C6H9FO2/c7-5(6(8)9)3-4-1-2-4/h4-5H,1-3H2,(H,8,9). The molecule has 0 heterocycles. The highest BCUT2D eigenvalue weighted by molar-refractivity contribution is 5.72. The fourth-order valence-electron chi connectivity index (χ4n) is 0.747. The molecule has 52 valence electrons. The SMILES string of the molecule is O=C(O)C(F)CC1CC1. The molecule has 1 rings (SSSR count). The second-order valence-electron chi connectivity index (χ2n) is 2.48. The number of carboxylic acids is 1. The Labute approximate surface area is 52.7 Å². The van der Waals surface area contributed by atoms with E-state index in [1.165, 1.54) is 0 Å². The monoisotopic (exact) mass is 132 g/mol. The predicted molar refractivity (Wildman–Crippen MR) is 29.9 cm³/mol. The molecule has 1 fully saturated rings. The van der Waals surface area contributed by atoms with E-state index in [0.29, 0.717) is 5.92 Å². The Morgan fingerprint density at radius 1 is 1.78 bits per heavy atom. The van der Waals surface area contributed by atoms with Crippen molar-refractivity contribution in [2.24, 2.45) is 5.92 Å². The lowest BCUT2D eigenvalue weighted by Gasteiger charge is -1.97. The van der Waals surface area contributed by atoms with Crippen molar-refractivity contribution in [1.82, 2.24) is 0 Å². The molecule has 0 saturated heterocycles. The lowest BCUT2D eigenvalue weighted by Crippen LogP contribution is -2.14. The van der Waals surface area contributed by atoms with Gasteiger partial charge in [0.15, 0.2) is 6.17 Å². The van der Waals surface area contributed by atoms with Crippen LogP contribution >= 0.6 is 0 Å². The Hall–Kier alpha value is -0.600. The summed E-state index contributed by atoms with van der Waals surface area (Å²) in [6.07, 6.45) is 0.606. The van der Waals surface area contributed by atoms with Crippen LogP contribution in [0.2, 0.25) is 0 Å². The van der Waals surface area contributed by atoms with Gasteiger partial charge in [0.05, 0.1) is 0 Å². The summed E-state index contributed by atoms with van der Waals surface area (Å²) < 4.78 is 12.2. The van der Waals surface area contributed by atoms with Gasteiger partial charge in [-0.15, -0.1) is 0 Å². The van der Waals surface area contributed by atoms with Gasteiger partial charge in [-0.2, -0.15) is 0 Å². The van der Waals surface area contributed by atoms with Gasteiger partial charge in [-0.1, -0.05) is 12.8 Å². The Morgan fingerprint density at radius 2 is 2.33 bits per heavy atom. The van der Waals surface area contributed by atoms with Crippen molar-refractivity contribution in [2.75, 3.05) is 0 Å².